The van der Waals surface area contributed by atoms with Crippen LogP contribution in [0, 0.1) is 6.92 Å². The molecule has 0 radical (unpaired) electrons. The Bertz CT molecular complexity index is 1500. The lowest BCUT2D eigenvalue weighted by atomic mass is 9.95. The van der Waals surface area contributed by atoms with Gasteiger partial charge in [0.25, 0.3) is 5.91 Å². The van der Waals surface area contributed by atoms with Gasteiger partial charge >= 0.3 is 5.97 Å². The number of benzene rings is 2. The standard InChI is InChI=1S/C26H22N2O5S/c1-13(2)15-9-11-16(12-10-15)20-19-21(29)17-7-5-6-8-18(17)33-22(19)24(30)28(20)26-27-14(3)23(34-26)25(31)32-4/h5-13,20H,1-4H3/t20-/m0/s1. The van der Waals surface area contributed by atoms with Crippen LogP contribution < -0.4 is 10.3 Å². The minimum atomic E-state index is -0.736. The number of methoxy groups -OCH3 is 1. The van der Waals surface area contributed by atoms with Crippen molar-refractivity contribution in [1.29, 1.82) is 0 Å². The van der Waals surface area contributed by atoms with Crippen LogP contribution in [-0.4, -0.2) is 24.0 Å². The predicted molar refractivity (Wildman–Crippen MR) is 130 cm³/mol. The number of aryl methyl sites for hydroxylation is 1. The number of nitrogens with zero attached hydrogens (tertiary/aromatic N) is 2. The smallest absolute Gasteiger partial charge is 0.350 e. The Labute approximate surface area is 199 Å². The number of hydrogen-bond donors (Lipinski definition) is 0. The Balaban J connectivity index is 1.75. The van der Waals surface area contributed by atoms with Crippen LogP contribution in [-0.2, 0) is 4.74 Å². The van der Waals surface area contributed by atoms with Gasteiger partial charge in [0.2, 0.25) is 5.76 Å². The topological polar surface area (TPSA) is 89.7 Å². The number of para-hydroxylation sites is 1. The van der Waals surface area contributed by atoms with Gasteiger partial charge in [-0.25, -0.2) is 9.78 Å². The molecule has 172 valence electrons. The van der Waals surface area contributed by atoms with Crippen molar-refractivity contribution in [3.63, 3.8) is 0 Å². The molecule has 7 nitrogen and oxygen atoms in total. The van der Waals surface area contributed by atoms with Crippen molar-refractivity contribution >= 4 is 39.3 Å². The average molecular weight is 475 g/mol. The van der Waals surface area contributed by atoms with E-state index in [0.717, 1.165) is 22.5 Å². The highest BCUT2D eigenvalue weighted by molar-refractivity contribution is 7.17. The molecular weight excluding hydrogens is 452 g/mol. The van der Waals surface area contributed by atoms with Gasteiger partial charge in [-0.05, 0) is 36.1 Å². The highest BCUT2D eigenvalue weighted by Crippen LogP contribution is 2.43. The summed E-state index contributed by atoms with van der Waals surface area (Å²) in [5, 5.41) is 0.709. The van der Waals surface area contributed by atoms with Crippen LogP contribution in [0.4, 0.5) is 5.13 Å². The Morgan fingerprint density at radius 2 is 1.82 bits per heavy atom. The zero-order chi connectivity index (χ0) is 24.1. The first-order chi connectivity index (χ1) is 16.3. The van der Waals surface area contributed by atoms with Gasteiger partial charge in [-0.2, -0.15) is 0 Å². The minimum Gasteiger partial charge on any atom is -0.465 e. The maximum atomic E-state index is 13.7. The molecule has 3 heterocycles. The Kier molecular flexibility index (Phi) is 5.32. The van der Waals surface area contributed by atoms with Crippen molar-refractivity contribution in [2.45, 2.75) is 32.7 Å². The van der Waals surface area contributed by atoms with Crippen molar-refractivity contribution in [3.05, 3.63) is 91.8 Å². The molecule has 0 saturated carbocycles. The molecule has 0 spiro atoms. The average Bonchev–Trinajstić information content (AvgIpc) is 3.36. The normalized spacial score (nSPS) is 15.3. The van der Waals surface area contributed by atoms with Crippen LogP contribution in [0.1, 0.15) is 68.4 Å². The summed E-state index contributed by atoms with van der Waals surface area (Å²) in [4.78, 5) is 45.7. The highest BCUT2D eigenvalue weighted by atomic mass is 32.1. The molecule has 1 amide bonds. The summed E-state index contributed by atoms with van der Waals surface area (Å²) in [5.74, 6) is -0.667. The number of anilines is 1. The monoisotopic (exact) mass is 474 g/mol. The number of carbonyl (C=O) groups excluding carboxylic acids is 2. The second-order valence-electron chi connectivity index (χ2n) is 8.47. The van der Waals surface area contributed by atoms with E-state index in [1.807, 2.05) is 24.3 Å². The number of ether oxygens (including phenoxy) is 1. The number of fused-ring (bicyclic) bond motifs is 2. The second-order valence-corrected chi connectivity index (χ2v) is 9.45. The third-order valence-electron chi connectivity index (χ3n) is 6.06. The molecule has 8 heteroatoms. The highest BCUT2D eigenvalue weighted by Gasteiger charge is 2.45. The zero-order valence-electron chi connectivity index (χ0n) is 19.1. The molecular formula is C26H22N2O5S. The Hall–Kier alpha value is -3.78. The lowest BCUT2D eigenvalue weighted by Crippen LogP contribution is -2.29. The maximum Gasteiger partial charge on any atom is 0.350 e. The van der Waals surface area contributed by atoms with E-state index in [-0.39, 0.29) is 16.8 Å². The van der Waals surface area contributed by atoms with E-state index in [1.165, 1.54) is 12.0 Å². The van der Waals surface area contributed by atoms with E-state index in [4.69, 9.17) is 9.15 Å². The van der Waals surface area contributed by atoms with E-state index in [2.05, 4.69) is 18.8 Å². The van der Waals surface area contributed by atoms with Crippen LogP contribution in [0.3, 0.4) is 0 Å². The molecule has 0 aliphatic carbocycles. The van der Waals surface area contributed by atoms with Gasteiger partial charge < -0.3 is 9.15 Å². The summed E-state index contributed by atoms with van der Waals surface area (Å²) in [7, 11) is 1.30. The van der Waals surface area contributed by atoms with Crippen LogP contribution in [0.5, 0.6) is 0 Å². The summed E-state index contributed by atoms with van der Waals surface area (Å²) in [6.07, 6.45) is 0. The van der Waals surface area contributed by atoms with Crippen molar-refractivity contribution in [1.82, 2.24) is 4.98 Å². The van der Waals surface area contributed by atoms with Crippen molar-refractivity contribution in [2.75, 3.05) is 12.0 Å². The molecule has 0 unspecified atom stereocenters. The molecule has 0 N–H and O–H groups in total. The lowest BCUT2D eigenvalue weighted by molar-refractivity contribution is 0.0605. The fraction of sp³-hybridized carbons (Fsp3) is 0.231. The molecule has 5 rings (SSSR count). The first kappa shape index (κ1) is 22.0. The maximum absolute atomic E-state index is 13.7. The van der Waals surface area contributed by atoms with Gasteiger partial charge in [-0.1, -0.05) is 61.6 Å². The lowest BCUT2D eigenvalue weighted by Gasteiger charge is -2.23. The molecule has 0 fully saturated rings. The van der Waals surface area contributed by atoms with Crippen LogP contribution in [0.2, 0.25) is 0 Å². The Morgan fingerprint density at radius 3 is 2.50 bits per heavy atom. The van der Waals surface area contributed by atoms with Crippen LogP contribution >= 0.6 is 11.3 Å². The fourth-order valence-corrected chi connectivity index (χ4v) is 5.27. The SMILES string of the molecule is COC(=O)c1sc(N2C(=O)c3oc4ccccc4c(=O)c3[C@@H]2c2ccc(C(C)C)cc2)nc1C. The van der Waals surface area contributed by atoms with Gasteiger partial charge in [0.15, 0.2) is 10.6 Å². The first-order valence-corrected chi connectivity index (χ1v) is 11.7. The minimum absolute atomic E-state index is 0.00546. The number of hydrogen-bond acceptors (Lipinski definition) is 7. The van der Waals surface area contributed by atoms with E-state index in [1.54, 1.807) is 31.2 Å². The van der Waals surface area contributed by atoms with Gasteiger partial charge in [0.05, 0.1) is 29.8 Å². The van der Waals surface area contributed by atoms with Crippen molar-refractivity contribution in [3.8, 4) is 0 Å². The van der Waals surface area contributed by atoms with Crippen LogP contribution in [0.25, 0.3) is 11.0 Å². The molecule has 4 aromatic rings. The third-order valence-corrected chi connectivity index (χ3v) is 7.20. The molecule has 2 aromatic carbocycles. The van der Waals surface area contributed by atoms with Gasteiger partial charge in [-0.3, -0.25) is 14.5 Å². The number of aromatic nitrogens is 1. The molecule has 1 atom stereocenters. The van der Waals surface area contributed by atoms with Gasteiger partial charge in [0.1, 0.15) is 10.5 Å². The third kappa shape index (κ3) is 3.33. The van der Waals surface area contributed by atoms with Crippen molar-refractivity contribution < 1.29 is 18.7 Å². The number of carbonyl (C=O) groups is 2. The molecule has 2 aromatic heterocycles. The predicted octanol–water partition coefficient (Wildman–Crippen LogP) is 5.22. The van der Waals surface area contributed by atoms with Crippen LogP contribution in [0.15, 0.2) is 57.7 Å². The summed E-state index contributed by atoms with van der Waals surface area (Å²) >= 11 is 1.06. The first-order valence-electron chi connectivity index (χ1n) is 10.9. The largest absolute Gasteiger partial charge is 0.465 e. The quantitative estimate of drug-likeness (QED) is 0.377. The number of thiazole rings is 1. The fourth-order valence-electron chi connectivity index (χ4n) is 4.26. The molecule has 1 aliphatic rings. The summed E-state index contributed by atoms with van der Waals surface area (Å²) < 4.78 is 10.8. The Morgan fingerprint density at radius 1 is 1.12 bits per heavy atom. The summed E-state index contributed by atoms with van der Waals surface area (Å²) in [6, 6.07) is 14.0. The molecule has 0 bridgehead atoms. The van der Waals surface area contributed by atoms with E-state index in [0.29, 0.717) is 32.6 Å². The van der Waals surface area contributed by atoms with Crippen molar-refractivity contribution in [2.24, 2.45) is 0 Å². The summed E-state index contributed by atoms with van der Waals surface area (Å²) in [6.45, 7) is 5.89. The molecule has 1 aliphatic heterocycles. The number of esters is 1. The van der Waals surface area contributed by atoms with E-state index < -0.39 is 17.9 Å². The second kappa shape index (κ2) is 8.22. The van der Waals surface area contributed by atoms with E-state index in [9.17, 15) is 14.4 Å². The number of amides is 1. The van der Waals surface area contributed by atoms with E-state index >= 15 is 0 Å². The van der Waals surface area contributed by atoms with Gasteiger partial charge in [0, 0.05) is 0 Å². The number of rotatable bonds is 4. The molecule has 34 heavy (non-hydrogen) atoms. The van der Waals surface area contributed by atoms with Gasteiger partial charge in [-0.15, -0.1) is 0 Å². The molecule has 0 saturated heterocycles. The zero-order valence-corrected chi connectivity index (χ0v) is 19.9. The summed E-state index contributed by atoms with van der Waals surface area (Å²) in [5.41, 5.74) is 2.71.